The van der Waals surface area contributed by atoms with E-state index in [0.29, 0.717) is 0 Å². The van der Waals surface area contributed by atoms with Gasteiger partial charge in [-0.25, -0.2) is 18.0 Å². The first-order valence-electron chi connectivity index (χ1n) is 5.56. The topological polar surface area (TPSA) is 96.0 Å². The summed E-state index contributed by atoms with van der Waals surface area (Å²) < 4.78 is 36.7. The average molecular weight is 302 g/mol. The molecule has 110 valence electrons. The molecule has 1 aromatic carbocycles. The van der Waals surface area contributed by atoms with Crippen LogP contribution in [0.1, 0.15) is 17.3 Å². The first-order chi connectivity index (χ1) is 9.29. The minimum atomic E-state index is -3.50. The van der Waals surface area contributed by atoms with E-state index in [1.165, 1.54) is 19.2 Å². The highest BCUT2D eigenvalue weighted by atomic mass is 32.2. The third-order valence-electron chi connectivity index (χ3n) is 2.26. The molecule has 0 fully saturated rings. The van der Waals surface area contributed by atoms with Gasteiger partial charge >= 0.3 is 12.1 Å². The Morgan fingerprint density at radius 2 is 1.90 bits per heavy atom. The molecule has 0 atom stereocenters. The molecule has 0 unspecified atom stereocenters. The lowest BCUT2D eigenvalue weighted by atomic mass is 10.2. The summed E-state index contributed by atoms with van der Waals surface area (Å²) in [7, 11) is -2.20. The van der Waals surface area contributed by atoms with Gasteiger partial charge in [0.1, 0.15) is 11.3 Å². The molecule has 1 rings (SSSR count). The molecule has 0 aliphatic carbocycles. The van der Waals surface area contributed by atoms with Crippen molar-refractivity contribution in [2.75, 3.05) is 20.0 Å². The second-order valence-electron chi connectivity index (χ2n) is 3.71. The van der Waals surface area contributed by atoms with E-state index in [9.17, 15) is 18.0 Å². The van der Waals surface area contributed by atoms with E-state index in [1.54, 1.807) is 6.92 Å². The number of sulfone groups is 1. The van der Waals surface area contributed by atoms with Gasteiger partial charge in [-0.3, -0.25) is 0 Å². The van der Waals surface area contributed by atoms with E-state index >= 15 is 0 Å². The van der Waals surface area contributed by atoms with Gasteiger partial charge in [0, 0.05) is 6.26 Å². The lowest BCUT2D eigenvalue weighted by Gasteiger charge is -2.09. The van der Waals surface area contributed by atoms with Crippen molar-refractivity contribution in [1.82, 2.24) is 0 Å². The summed E-state index contributed by atoms with van der Waals surface area (Å²) in [5, 5.41) is 0. The van der Waals surface area contributed by atoms with Crippen molar-refractivity contribution in [3.63, 3.8) is 0 Å². The SMILES string of the molecule is CCOC(=O)OC(=O)c1cc(S(C)(=O)=O)ccc1OC. The van der Waals surface area contributed by atoms with Gasteiger partial charge in [-0.15, -0.1) is 0 Å². The van der Waals surface area contributed by atoms with Crippen molar-refractivity contribution >= 4 is 22.0 Å². The maximum Gasteiger partial charge on any atom is 0.516 e. The minimum absolute atomic E-state index is 0.0482. The molecule has 0 N–H and O–H groups in total. The van der Waals surface area contributed by atoms with Crippen molar-refractivity contribution in [3.8, 4) is 5.75 Å². The monoisotopic (exact) mass is 302 g/mol. The van der Waals surface area contributed by atoms with Crippen LogP contribution in [0.5, 0.6) is 5.75 Å². The fraction of sp³-hybridized carbons (Fsp3) is 0.333. The number of benzene rings is 1. The predicted molar refractivity (Wildman–Crippen MR) is 68.5 cm³/mol. The van der Waals surface area contributed by atoms with Crippen molar-refractivity contribution in [1.29, 1.82) is 0 Å². The first-order valence-corrected chi connectivity index (χ1v) is 7.45. The molecule has 0 amide bonds. The summed E-state index contributed by atoms with van der Waals surface area (Å²) in [5.74, 6) is -0.961. The molecule has 0 spiro atoms. The van der Waals surface area contributed by atoms with Crippen LogP contribution in [0, 0.1) is 0 Å². The third-order valence-corrected chi connectivity index (χ3v) is 3.37. The fourth-order valence-electron chi connectivity index (χ4n) is 1.36. The molecule has 1 aromatic rings. The Balaban J connectivity index is 3.14. The van der Waals surface area contributed by atoms with Gasteiger partial charge in [0.25, 0.3) is 0 Å². The van der Waals surface area contributed by atoms with E-state index < -0.39 is 22.0 Å². The number of esters is 1. The Morgan fingerprint density at radius 3 is 2.40 bits per heavy atom. The molecule has 7 nitrogen and oxygen atoms in total. The van der Waals surface area contributed by atoms with Crippen LogP contribution in [0.15, 0.2) is 23.1 Å². The van der Waals surface area contributed by atoms with Crippen LogP contribution >= 0.6 is 0 Å². The smallest absolute Gasteiger partial charge is 0.496 e. The Labute approximate surface area is 116 Å². The lowest BCUT2D eigenvalue weighted by molar-refractivity contribution is 0.0399. The summed E-state index contributed by atoms with van der Waals surface area (Å²) in [4.78, 5) is 22.8. The Bertz CT molecular complexity index is 619. The van der Waals surface area contributed by atoms with Gasteiger partial charge in [-0.2, -0.15) is 0 Å². The Morgan fingerprint density at radius 1 is 1.25 bits per heavy atom. The van der Waals surface area contributed by atoms with E-state index in [4.69, 9.17) is 4.74 Å². The van der Waals surface area contributed by atoms with Crippen molar-refractivity contribution in [2.45, 2.75) is 11.8 Å². The lowest BCUT2D eigenvalue weighted by Crippen LogP contribution is -2.15. The van der Waals surface area contributed by atoms with Crippen molar-refractivity contribution in [2.24, 2.45) is 0 Å². The highest BCUT2D eigenvalue weighted by Gasteiger charge is 2.21. The minimum Gasteiger partial charge on any atom is -0.496 e. The van der Waals surface area contributed by atoms with Crippen LogP contribution in [-0.2, 0) is 19.3 Å². The zero-order valence-corrected chi connectivity index (χ0v) is 12.0. The number of methoxy groups -OCH3 is 1. The molecular weight excluding hydrogens is 288 g/mol. The fourth-order valence-corrected chi connectivity index (χ4v) is 2.00. The van der Waals surface area contributed by atoms with E-state index in [2.05, 4.69) is 9.47 Å². The molecule has 0 saturated heterocycles. The van der Waals surface area contributed by atoms with Crippen LogP contribution in [0.25, 0.3) is 0 Å². The maximum absolute atomic E-state index is 11.8. The van der Waals surface area contributed by atoms with Gasteiger partial charge in [0.15, 0.2) is 9.84 Å². The Hall–Kier alpha value is -2.09. The number of hydrogen-bond acceptors (Lipinski definition) is 7. The zero-order valence-electron chi connectivity index (χ0n) is 11.2. The highest BCUT2D eigenvalue weighted by molar-refractivity contribution is 7.90. The average Bonchev–Trinajstić information content (AvgIpc) is 2.37. The summed E-state index contributed by atoms with van der Waals surface area (Å²) >= 11 is 0. The molecule has 0 aromatic heterocycles. The Kier molecular flexibility index (Phi) is 5.09. The standard InChI is InChI=1S/C12H14O7S/c1-4-18-12(14)19-11(13)9-7-8(20(3,15)16)5-6-10(9)17-2/h5-7H,4H2,1-3H3. The van der Waals surface area contributed by atoms with Crippen molar-refractivity contribution < 1.29 is 32.2 Å². The first kappa shape index (κ1) is 16.0. The zero-order chi connectivity index (χ0) is 15.3. The number of rotatable bonds is 4. The molecule has 20 heavy (non-hydrogen) atoms. The van der Waals surface area contributed by atoms with Gasteiger partial charge < -0.3 is 14.2 Å². The molecule has 0 aliphatic heterocycles. The second kappa shape index (κ2) is 6.38. The maximum atomic E-state index is 11.8. The van der Waals surface area contributed by atoms with E-state index in [-0.39, 0.29) is 22.8 Å². The highest BCUT2D eigenvalue weighted by Crippen LogP contribution is 2.23. The summed E-state index contributed by atoms with van der Waals surface area (Å²) in [6.07, 6.45) is -0.167. The summed E-state index contributed by atoms with van der Waals surface area (Å²) in [6.45, 7) is 1.60. The van der Waals surface area contributed by atoms with Crippen LogP contribution < -0.4 is 4.74 Å². The van der Waals surface area contributed by atoms with Gasteiger partial charge in [0.2, 0.25) is 0 Å². The van der Waals surface area contributed by atoms with Gasteiger partial charge in [-0.1, -0.05) is 0 Å². The molecule has 8 heteroatoms. The summed E-state index contributed by atoms with van der Waals surface area (Å²) in [6, 6.07) is 3.67. The third kappa shape index (κ3) is 3.95. The van der Waals surface area contributed by atoms with Crippen LogP contribution in [0.3, 0.4) is 0 Å². The van der Waals surface area contributed by atoms with Gasteiger partial charge in [0.05, 0.1) is 18.6 Å². The number of hydrogen-bond donors (Lipinski definition) is 0. The van der Waals surface area contributed by atoms with Crippen molar-refractivity contribution in [3.05, 3.63) is 23.8 Å². The quantitative estimate of drug-likeness (QED) is 0.613. The van der Waals surface area contributed by atoms with Gasteiger partial charge in [-0.05, 0) is 25.1 Å². The normalized spacial score (nSPS) is 10.8. The largest absolute Gasteiger partial charge is 0.516 e. The molecule has 0 radical (unpaired) electrons. The molecule has 0 saturated carbocycles. The van der Waals surface area contributed by atoms with Crippen LogP contribution in [-0.4, -0.2) is 40.5 Å². The predicted octanol–water partition coefficient (Wildman–Crippen LogP) is 1.41. The molecule has 0 bridgehead atoms. The van der Waals surface area contributed by atoms with E-state index in [0.717, 1.165) is 12.3 Å². The molecule has 0 aliphatic rings. The number of ether oxygens (including phenoxy) is 3. The summed E-state index contributed by atoms with van der Waals surface area (Å²) in [5.41, 5.74) is -0.177. The molecular formula is C12H14O7S. The van der Waals surface area contributed by atoms with Crippen LogP contribution in [0.2, 0.25) is 0 Å². The van der Waals surface area contributed by atoms with Crippen LogP contribution in [0.4, 0.5) is 4.79 Å². The number of carbonyl (C=O) groups is 2. The van der Waals surface area contributed by atoms with E-state index in [1.807, 2.05) is 0 Å². The number of carbonyl (C=O) groups excluding carboxylic acids is 2. The second-order valence-corrected chi connectivity index (χ2v) is 5.72. The molecule has 0 heterocycles.